The Morgan fingerprint density at radius 3 is 2.64 bits per heavy atom. The lowest BCUT2D eigenvalue weighted by Gasteiger charge is -2.31. The quantitative estimate of drug-likeness (QED) is 0.933. The van der Waals surface area contributed by atoms with Gasteiger partial charge in [0.15, 0.2) is 0 Å². The molecule has 0 amide bonds. The maximum atomic E-state index is 4.95. The highest BCUT2D eigenvalue weighted by Crippen LogP contribution is 2.29. The van der Waals surface area contributed by atoms with Gasteiger partial charge < -0.3 is 10.2 Å². The van der Waals surface area contributed by atoms with Crippen LogP contribution in [0.3, 0.4) is 0 Å². The van der Waals surface area contributed by atoms with Crippen LogP contribution in [0.15, 0.2) is 24.3 Å². The molecule has 1 saturated heterocycles. The van der Waals surface area contributed by atoms with Crippen molar-refractivity contribution < 1.29 is 0 Å². The van der Waals surface area contributed by atoms with Crippen LogP contribution >= 0.6 is 12.4 Å². The van der Waals surface area contributed by atoms with Gasteiger partial charge in [0.25, 0.3) is 0 Å². The van der Waals surface area contributed by atoms with E-state index in [4.69, 9.17) is 4.98 Å². The SMILES string of the molecule is CCCc1cc(N2CCNCC2)c2cccc(CC)c2n1.Cl. The minimum Gasteiger partial charge on any atom is -0.368 e. The number of aryl methyl sites for hydroxylation is 2. The molecular formula is C18H26ClN3. The van der Waals surface area contributed by atoms with Crippen LogP contribution in [0.1, 0.15) is 31.5 Å². The Hall–Kier alpha value is -1.32. The second-order valence-electron chi connectivity index (χ2n) is 5.79. The summed E-state index contributed by atoms with van der Waals surface area (Å²) in [6, 6.07) is 8.94. The molecule has 0 atom stereocenters. The maximum absolute atomic E-state index is 4.95. The molecule has 0 bridgehead atoms. The Kier molecular flexibility index (Phi) is 6.04. The van der Waals surface area contributed by atoms with E-state index in [-0.39, 0.29) is 12.4 Å². The number of nitrogens with one attached hydrogen (secondary N) is 1. The molecule has 0 saturated carbocycles. The number of aromatic nitrogens is 1. The average Bonchev–Trinajstić information content (AvgIpc) is 2.54. The highest BCUT2D eigenvalue weighted by atomic mass is 35.5. The van der Waals surface area contributed by atoms with Gasteiger partial charge in [-0.1, -0.05) is 38.5 Å². The highest BCUT2D eigenvalue weighted by molar-refractivity contribution is 5.94. The maximum Gasteiger partial charge on any atom is 0.0757 e. The molecule has 1 aromatic carbocycles. The first-order chi connectivity index (χ1) is 10.3. The lowest BCUT2D eigenvalue weighted by Crippen LogP contribution is -2.43. The number of halogens is 1. The second-order valence-corrected chi connectivity index (χ2v) is 5.79. The van der Waals surface area contributed by atoms with Gasteiger partial charge in [0.05, 0.1) is 5.52 Å². The molecule has 22 heavy (non-hydrogen) atoms. The van der Waals surface area contributed by atoms with E-state index in [2.05, 4.69) is 48.3 Å². The molecule has 1 aromatic heterocycles. The Morgan fingerprint density at radius 2 is 1.95 bits per heavy atom. The van der Waals surface area contributed by atoms with Crippen molar-refractivity contribution in [2.75, 3.05) is 31.1 Å². The monoisotopic (exact) mass is 319 g/mol. The normalized spacial score (nSPS) is 14.9. The molecule has 0 spiro atoms. The van der Waals surface area contributed by atoms with Crippen molar-refractivity contribution in [1.29, 1.82) is 0 Å². The Bertz CT molecular complexity index is 621. The highest BCUT2D eigenvalue weighted by Gasteiger charge is 2.16. The van der Waals surface area contributed by atoms with Gasteiger partial charge in [-0.2, -0.15) is 0 Å². The average molecular weight is 320 g/mol. The predicted octanol–water partition coefficient (Wildman–Crippen LogP) is 3.58. The molecule has 3 rings (SSSR count). The zero-order valence-corrected chi connectivity index (χ0v) is 14.4. The molecule has 0 aliphatic carbocycles. The van der Waals surface area contributed by atoms with Crippen molar-refractivity contribution in [3.63, 3.8) is 0 Å². The third-order valence-corrected chi connectivity index (χ3v) is 4.30. The van der Waals surface area contributed by atoms with Gasteiger partial charge in [0, 0.05) is 42.9 Å². The van der Waals surface area contributed by atoms with Crippen LogP contribution in [0, 0.1) is 0 Å². The van der Waals surface area contributed by atoms with Crippen LogP contribution in [0.25, 0.3) is 10.9 Å². The first kappa shape index (κ1) is 17.0. The number of piperazine rings is 1. The molecule has 120 valence electrons. The van der Waals surface area contributed by atoms with Crippen LogP contribution in [0.5, 0.6) is 0 Å². The van der Waals surface area contributed by atoms with Crippen LogP contribution in [-0.2, 0) is 12.8 Å². The van der Waals surface area contributed by atoms with Gasteiger partial charge in [-0.05, 0) is 24.5 Å². The summed E-state index contributed by atoms with van der Waals surface area (Å²) in [5, 5.41) is 4.75. The van der Waals surface area contributed by atoms with Crippen LogP contribution in [-0.4, -0.2) is 31.2 Å². The number of rotatable bonds is 4. The van der Waals surface area contributed by atoms with Gasteiger partial charge in [-0.15, -0.1) is 12.4 Å². The van der Waals surface area contributed by atoms with Gasteiger partial charge in [0.2, 0.25) is 0 Å². The fraction of sp³-hybridized carbons (Fsp3) is 0.500. The minimum absolute atomic E-state index is 0. The fourth-order valence-corrected chi connectivity index (χ4v) is 3.18. The van der Waals surface area contributed by atoms with E-state index < -0.39 is 0 Å². The molecule has 1 fully saturated rings. The predicted molar refractivity (Wildman–Crippen MR) is 97.4 cm³/mol. The largest absolute Gasteiger partial charge is 0.368 e. The van der Waals surface area contributed by atoms with Crippen molar-refractivity contribution >= 4 is 29.0 Å². The number of pyridine rings is 1. The van der Waals surface area contributed by atoms with Crippen molar-refractivity contribution in [3.8, 4) is 0 Å². The van der Waals surface area contributed by atoms with Gasteiger partial charge in [0.1, 0.15) is 0 Å². The molecular weight excluding hydrogens is 294 g/mol. The number of anilines is 1. The Labute approximate surface area is 139 Å². The third-order valence-electron chi connectivity index (χ3n) is 4.30. The van der Waals surface area contributed by atoms with Crippen molar-refractivity contribution in [2.45, 2.75) is 33.1 Å². The number of benzene rings is 1. The molecule has 1 N–H and O–H groups in total. The van der Waals surface area contributed by atoms with Crippen molar-refractivity contribution in [1.82, 2.24) is 10.3 Å². The van der Waals surface area contributed by atoms with E-state index in [0.29, 0.717) is 0 Å². The topological polar surface area (TPSA) is 28.2 Å². The molecule has 2 aromatic rings. The summed E-state index contributed by atoms with van der Waals surface area (Å²) in [7, 11) is 0. The molecule has 1 aliphatic rings. The summed E-state index contributed by atoms with van der Waals surface area (Å²) < 4.78 is 0. The van der Waals surface area contributed by atoms with Crippen LogP contribution in [0.4, 0.5) is 5.69 Å². The Morgan fingerprint density at radius 1 is 1.18 bits per heavy atom. The van der Waals surface area contributed by atoms with Gasteiger partial charge in [-0.25, -0.2) is 0 Å². The minimum atomic E-state index is 0. The smallest absolute Gasteiger partial charge is 0.0757 e. The van der Waals surface area contributed by atoms with E-state index in [0.717, 1.165) is 45.4 Å². The van der Waals surface area contributed by atoms with E-state index >= 15 is 0 Å². The van der Waals surface area contributed by atoms with Crippen LogP contribution in [0.2, 0.25) is 0 Å². The lowest BCUT2D eigenvalue weighted by atomic mass is 10.0. The molecule has 1 aliphatic heterocycles. The summed E-state index contributed by atoms with van der Waals surface area (Å²) in [5.41, 5.74) is 5.18. The second kappa shape index (κ2) is 7.80. The number of nitrogens with zero attached hydrogens (tertiary/aromatic N) is 2. The fourth-order valence-electron chi connectivity index (χ4n) is 3.18. The summed E-state index contributed by atoms with van der Waals surface area (Å²) in [5.74, 6) is 0. The zero-order chi connectivity index (χ0) is 14.7. The molecule has 0 radical (unpaired) electrons. The molecule has 0 unspecified atom stereocenters. The number of hydrogen-bond acceptors (Lipinski definition) is 3. The summed E-state index contributed by atoms with van der Waals surface area (Å²) in [6.45, 7) is 8.75. The van der Waals surface area contributed by atoms with E-state index in [9.17, 15) is 0 Å². The van der Waals surface area contributed by atoms with Gasteiger partial charge >= 0.3 is 0 Å². The van der Waals surface area contributed by atoms with Crippen molar-refractivity contribution in [2.24, 2.45) is 0 Å². The molecule has 3 nitrogen and oxygen atoms in total. The zero-order valence-electron chi connectivity index (χ0n) is 13.6. The summed E-state index contributed by atoms with van der Waals surface area (Å²) in [6.07, 6.45) is 3.25. The number of para-hydroxylation sites is 1. The number of hydrogen-bond donors (Lipinski definition) is 1. The van der Waals surface area contributed by atoms with Crippen LogP contribution < -0.4 is 10.2 Å². The summed E-state index contributed by atoms with van der Waals surface area (Å²) in [4.78, 5) is 7.46. The first-order valence-electron chi connectivity index (χ1n) is 8.20. The van der Waals surface area contributed by atoms with Crippen molar-refractivity contribution in [3.05, 3.63) is 35.5 Å². The Balaban J connectivity index is 0.00000176. The van der Waals surface area contributed by atoms with E-state index in [1.807, 2.05) is 0 Å². The van der Waals surface area contributed by atoms with E-state index in [1.165, 1.54) is 27.8 Å². The molecule has 2 heterocycles. The number of fused-ring (bicyclic) bond motifs is 1. The lowest BCUT2D eigenvalue weighted by molar-refractivity contribution is 0.590. The summed E-state index contributed by atoms with van der Waals surface area (Å²) >= 11 is 0. The third kappa shape index (κ3) is 3.36. The van der Waals surface area contributed by atoms with Gasteiger partial charge in [-0.3, -0.25) is 4.98 Å². The first-order valence-corrected chi connectivity index (χ1v) is 8.20. The standard InChI is InChI=1S/C18H25N3.ClH/c1-3-6-15-13-17(21-11-9-19-10-12-21)16-8-5-7-14(4-2)18(16)20-15;/h5,7-8,13,19H,3-4,6,9-12H2,1-2H3;1H. The molecule has 4 heteroatoms. The van der Waals surface area contributed by atoms with E-state index in [1.54, 1.807) is 0 Å².